The van der Waals surface area contributed by atoms with Crippen LogP contribution in [0.5, 0.6) is 0 Å². The average molecular weight is 486 g/mol. The van der Waals surface area contributed by atoms with Crippen LogP contribution in [0.3, 0.4) is 0 Å². The molecule has 0 spiro atoms. The maximum Gasteiger partial charge on any atom is 0.590 e. The number of hydrogen-bond donors (Lipinski definition) is 2. The van der Waals surface area contributed by atoms with E-state index >= 15 is 0 Å². The van der Waals surface area contributed by atoms with Gasteiger partial charge in [0.15, 0.2) is 0 Å². The molecule has 0 aliphatic rings. The van der Waals surface area contributed by atoms with E-state index in [9.17, 15) is 23.4 Å². The van der Waals surface area contributed by atoms with E-state index in [0.717, 1.165) is 0 Å². The minimum Gasteiger partial charge on any atom is -0.346 e. The van der Waals surface area contributed by atoms with E-state index < -0.39 is 24.5 Å². The van der Waals surface area contributed by atoms with Gasteiger partial charge in [0, 0.05) is 17.1 Å². The SMILES string of the molecule is N#Cc1cc(C(=O)NCc2cccnn2)cc2c(Br)c(C(F)(F)[P+](=O)O)sc12. The van der Waals surface area contributed by atoms with Gasteiger partial charge in [-0.25, -0.2) is 0 Å². The molecule has 1 atom stereocenters. The highest BCUT2D eigenvalue weighted by Crippen LogP contribution is 2.54. The number of halogens is 3. The quantitative estimate of drug-likeness (QED) is 0.526. The lowest BCUT2D eigenvalue weighted by Gasteiger charge is -2.06. The van der Waals surface area contributed by atoms with Crippen LogP contribution in [-0.4, -0.2) is 21.0 Å². The first-order valence-corrected chi connectivity index (χ1v) is 10.3. The molecule has 2 N–H and O–H groups in total. The summed E-state index contributed by atoms with van der Waals surface area (Å²) in [6.45, 7) is 0.0890. The number of hydrogen-bond acceptors (Lipinski definition) is 6. The number of amides is 1. The van der Waals surface area contributed by atoms with E-state index in [-0.39, 0.29) is 32.2 Å². The van der Waals surface area contributed by atoms with Gasteiger partial charge in [-0.3, -0.25) is 4.79 Å². The molecule has 0 fully saturated rings. The largest absolute Gasteiger partial charge is 0.590 e. The van der Waals surface area contributed by atoms with Crippen LogP contribution in [0.4, 0.5) is 8.78 Å². The number of carbonyl (C=O) groups excluding carboxylic acids is 1. The van der Waals surface area contributed by atoms with Gasteiger partial charge in [0.05, 0.1) is 27.0 Å². The lowest BCUT2D eigenvalue weighted by molar-refractivity contribution is 0.0849. The molecule has 3 rings (SSSR count). The molecule has 0 saturated carbocycles. The van der Waals surface area contributed by atoms with Crippen LogP contribution in [0.1, 0.15) is 26.5 Å². The molecule has 2 heterocycles. The van der Waals surface area contributed by atoms with E-state index in [4.69, 9.17) is 4.89 Å². The molecular weight excluding hydrogens is 477 g/mol. The zero-order valence-corrected chi connectivity index (χ0v) is 17.0. The van der Waals surface area contributed by atoms with Gasteiger partial charge in [0.25, 0.3) is 5.91 Å². The summed E-state index contributed by atoms with van der Waals surface area (Å²) >= 11 is 3.54. The Hall–Kier alpha value is -2.38. The van der Waals surface area contributed by atoms with Crippen molar-refractivity contribution >= 4 is 51.3 Å². The van der Waals surface area contributed by atoms with Gasteiger partial charge in [-0.05, 0) is 44.8 Å². The fourth-order valence-corrected chi connectivity index (χ4v) is 5.12. The van der Waals surface area contributed by atoms with Crippen LogP contribution in [0.25, 0.3) is 10.1 Å². The highest BCUT2D eigenvalue weighted by Gasteiger charge is 2.56. The van der Waals surface area contributed by atoms with Crippen molar-refractivity contribution in [2.45, 2.75) is 12.2 Å². The monoisotopic (exact) mass is 485 g/mol. The van der Waals surface area contributed by atoms with E-state index in [0.29, 0.717) is 17.0 Å². The third-order valence-electron chi connectivity index (χ3n) is 3.68. The molecule has 28 heavy (non-hydrogen) atoms. The van der Waals surface area contributed by atoms with Gasteiger partial charge >= 0.3 is 13.7 Å². The van der Waals surface area contributed by atoms with Crippen molar-refractivity contribution < 1.29 is 23.0 Å². The predicted octanol–water partition coefficient (Wildman–Crippen LogP) is 4.04. The smallest absolute Gasteiger partial charge is 0.346 e. The minimum atomic E-state index is -3.99. The first-order valence-electron chi connectivity index (χ1n) is 7.51. The summed E-state index contributed by atoms with van der Waals surface area (Å²) in [5.41, 5.74) is -3.39. The fourth-order valence-electron chi connectivity index (χ4n) is 2.37. The number of fused-ring (bicyclic) bond motifs is 1. The second-order valence-corrected chi connectivity index (χ2v) is 8.39. The maximum atomic E-state index is 14.1. The molecule has 2 aromatic heterocycles. The molecule has 7 nitrogen and oxygen atoms in total. The van der Waals surface area contributed by atoms with Crippen LogP contribution < -0.4 is 5.32 Å². The molecule has 0 bridgehead atoms. The Labute approximate surface area is 170 Å². The number of aromatic nitrogens is 2. The van der Waals surface area contributed by atoms with Crippen LogP contribution >= 0.6 is 35.3 Å². The molecule has 1 aromatic carbocycles. The number of nitrogens with zero attached hydrogens (tertiary/aromatic N) is 3. The molecule has 12 heteroatoms. The molecule has 1 unspecified atom stereocenters. The van der Waals surface area contributed by atoms with Gasteiger partial charge in [0.2, 0.25) is 0 Å². The van der Waals surface area contributed by atoms with E-state index in [2.05, 4.69) is 31.4 Å². The van der Waals surface area contributed by atoms with Gasteiger partial charge in [-0.1, -0.05) is 0 Å². The van der Waals surface area contributed by atoms with Crippen molar-refractivity contribution in [3.05, 3.63) is 56.6 Å². The highest BCUT2D eigenvalue weighted by molar-refractivity contribution is 9.10. The molecule has 0 radical (unpaired) electrons. The maximum absolute atomic E-state index is 14.1. The van der Waals surface area contributed by atoms with Crippen molar-refractivity contribution in [2.24, 2.45) is 0 Å². The second kappa shape index (κ2) is 7.93. The van der Waals surface area contributed by atoms with Crippen molar-refractivity contribution in [3.63, 3.8) is 0 Å². The zero-order chi connectivity index (χ0) is 20.5. The van der Waals surface area contributed by atoms with Crippen LogP contribution in [0.2, 0.25) is 0 Å². The summed E-state index contributed by atoms with van der Waals surface area (Å²) in [6.07, 6.45) is 1.49. The number of alkyl halides is 2. The van der Waals surface area contributed by atoms with Crippen molar-refractivity contribution in [3.8, 4) is 6.07 Å². The Balaban J connectivity index is 2.01. The molecule has 1 amide bonds. The Kier molecular flexibility index (Phi) is 5.76. The average Bonchev–Trinajstić information content (AvgIpc) is 3.03. The van der Waals surface area contributed by atoms with Gasteiger partial charge < -0.3 is 5.32 Å². The van der Waals surface area contributed by atoms with E-state index in [1.165, 1.54) is 18.3 Å². The van der Waals surface area contributed by atoms with Gasteiger partial charge in [-0.15, -0.1) is 20.1 Å². The summed E-state index contributed by atoms with van der Waals surface area (Å²) in [7, 11) is -3.82. The zero-order valence-electron chi connectivity index (χ0n) is 13.7. The number of carbonyl (C=O) groups is 1. The lowest BCUT2D eigenvalue weighted by atomic mass is 10.1. The normalized spacial score (nSPS) is 11.9. The standard InChI is InChI=1S/C16H8BrF2N4O3PS/c17-12-11-5-8(15(24)21-7-10-2-1-3-22-23-10)4-9(6-20)13(11)28-14(12)16(18,19)27(25)26/h1-5H,7H2,(H-,21,24,25,26)/p+1. The molecule has 3 aromatic rings. The first kappa shape index (κ1) is 20.4. The summed E-state index contributed by atoms with van der Waals surface area (Å²) in [4.78, 5) is 20.7. The van der Waals surface area contributed by atoms with E-state index in [1.807, 2.05) is 6.07 Å². The van der Waals surface area contributed by atoms with Crippen molar-refractivity contribution in [1.82, 2.24) is 15.5 Å². The van der Waals surface area contributed by atoms with Crippen molar-refractivity contribution in [2.75, 3.05) is 0 Å². The number of rotatable bonds is 5. The highest BCUT2D eigenvalue weighted by atomic mass is 79.9. The predicted molar refractivity (Wildman–Crippen MR) is 101 cm³/mol. The number of nitrogens with one attached hydrogen (secondary N) is 1. The van der Waals surface area contributed by atoms with Crippen molar-refractivity contribution in [1.29, 1.82) is 5.26 Å². The molecule has 0 aliphatic heterocycles. The third-order valence-corrected chi connectivity index (χ3v) is 6.93. The Bertz CT molecular complexity index is 1130. The molecular formula is C16H9BrF2N4O3PS+. The topological polar surface area (TPSA) is 116 Å². The summed E-state index contributed by atoms with van der Waals surface area (Å²) in [6, 6.07) is 7.80. The first-order chi connectivity index (χ1) is 13.3. The van der Waals surface area contributed by atoms with Gasteiger partial charge in [-0.2, -0.15) is 20.4 Å². The van der Waals surface area contributed by atoms with Crippen LogP contribution in [0, 0.1) is 11.3 Å². The fraction of sp³-hybridized carbons (Fsp3) is 0.125. The lowest BCUT2D eigenvalue weighted by Crippen LogP contribution is -2.23. The van der Waals surface area contributed by atoms with Crippen LogP contribution in [0.15, 0.2) is 34.9 Å². The summed E-state index contributed by atoms with van der Waals surface area (Å²) < 4.78 is 39.2. The molecule has 142 valence electrons. The second-order valence-electron chi connectivity index (χ2n) is 5.47. The summed E-state index contributed by atoms with van der Waals surface area (Å²) in [5.74, 6) is -0.538. The number of thiophene rings is 1. The Morgan fingerprint density at radius 3 is 2.82 bits per heavy atom. The Morgan fingerprint density at radius 1 is 1.46 bits per heavy atom. The minimum absolute atomic E-state index is 0.00284. The number of nitriles is 1. The molecule has 0 aliphatic carbocycles. The number of benzene rings is 1. The molecule has 0 saturated heterocycles. The summed E-state index contributed by atoms with van der Waals surface area (Å²) in [5, 5.41) is 19.7. The van der Waals surface area contributed by atoms with Crippen LogP contribution in [-0.2, 0) is 16.8 Å². The third kappa shape index (κ3) is 3.77. The Morgan fingerprint density at radius 2 is 2.21 bits per heavy atom. The van der Waals surface area contributed by atoms with Gasteiger partial charge in [0.1, 0.15) is 10.9 Å². The van der Waals surface area contributed by atoms with E-state index in [1.54, 1.807) is 12.1 Å².